The molecule has 0 saturated carbocycles. The summed E-state index contributed by atoms with van der Waals surface area (Å²) in [4.78, 5) is 0. The second kappa shape index (κ2) is 20.0. The SMILES string of the molecule is CCCCCCCCOc1ccc(-c2c3c4n(c(-c5ccc(OCCCCCCCC)cc5)c3c3n2[B-](F)(F)[n+]2c(sc5cc(OC)ccc52)C=3C#N)[B-](F)(F)[n+]2c(sc3cc(OC)ccc32)C=4C#N)cc1. The van der Waals surface area contributed by atoms with Gasteiger partial charge >= 0.3 is 13.9 Å². The number of thiazole rings is 2. The quantitative estimate of drug-likeness (QED) is 0.0428. The number of fused-ring (bicyclic) bond motifs is 11. The van der Waals surface area contributed by atoms with Crippen LogP contribution in [0.25, 0.3) is 64.9 Å². The highest BCUT2D eigenvalue weighted by Crippen LogP contribution is 2.43. The number of unbranched alkanes of at least 4 members (excludes halogenated alkanes) is 10. The van der Waals surface area contributed by atoms with Crippen molar-refractivity contribution in [1.82, 2.24) is 8.96 Å². The molecule has 0 saturated heterocycles. The molecule has 4 aromatic heterocycles. The van der Waals surface area contributed by atoms with Gasteiger partial charge in [-0.3, -0.25) is 0 Å². The van der Waals surface area contributed by atoms with Gasteiger partial charge in [-0.2, -0.15) is 10.5 Å². The number of methoxy groups -OCH3 is 2. The minimum Gasteiger partial charge on any atom is -0.497 e. The highest BCUT2D eigenvalue weighted by atomic mass is 32.1. The maximum Gasteiger partial charge on any atom is 0.738 e. The van der Waals surface area contributed by atoms with Gasteiger partial charge in [-0.05, 0) is 84.6 Å². The van der Waals surface area contributed by atoms with Gasteiger partial charge in [-0.25, -0.2) is 0 Å². The van der Waals surface area contributed by atoms with Gasteiger partial charge in [-0.15, -0.1) is 0 Å². The Kier molecular flexibility index (Phi) is 13.6. The number of hydrogen-bond donors (Lipinski definition) is 0. The first-order chi connectivity index (χ1) is 35.0. The first kappa shape index (κ1) is 48.9. The van der Waals surface area contributed by atoms with Gasteiger partial charge in [0.05, 0.1) is 27.4 Å². The predicted molar refractivity (Wildman–Crippen MR) is 279 cm³/mol. The van der Waals surface area contributed by atoms with E-state index < -0.39 is 13.9 Å². The maximum atomic E-state index is 18.5. The standard InChI is InChI=1S/C54H54B2F4N6O4S2/c1-5-7-9-11-13-15-29-69-37-21-17-35(18-22-37)49-47-48(52-42(34-62)54-63(55(57,58)65(49)52)43-27-25-39(67-3)31-45(43)72-54)50(36-19-23-38(24-20-36)70-30-16-14-12-10-8-6-2)66-51(47)41(33-61)53-64(56(66,59)60)44-28-26-40(68-4)32-46(44)71-53/h17-28,31-32H,5-16,29-30H2,1-4H3. The lowest BCUT2D eigenvalue weighted by Crippen LogP contribution is -2.70. The third-order valence-corrected chi connectivity index (χ3v) is 16.3. The maximum absolute atomic E-state index is 18.5. The first-order valence-electron chi connectivity index (χ1n) is 25.0. The van der Waals surface area contributed by atoms with Crippen LogP contribution in [0.1, 0.15) is 101 Å². The summed E-state index contributed by atoms with van der Waals surface area (Å²) in [5.74, 6) is 1.92. The molecule has 0 atom stereocenters. The van der Waals surface area contributed by atoms with E-state index in [0.29, 0.717) is 45.6 Å². The first-order valence-corrected chi connectivity index (χ1v) is 26.6. The number of halogens is 4. The molecule has 0 bridgehead atoms. The molecule has 0 amide bonds. The molecule has 0 fully saturated rings. The molecule has 0 radical (unpaired) electrons. The van der Waals surface area contributed by atoms with Crippen molar-refractivity contribution in [2.75, 3.05) is 27.4 Å². The number of rotatable bonds is 20. The number of aromatic nitrogens is 4. The monoisotopic (exact) mass is 1010 g/mol. The van der Waals surface area contributed by atoms with E-state index in [1.165, 1.54) is 27.1 Å². The molecule has 0 N–H and O–H groups in total. The molecule has 6 heterocycles. The zero-order valence-corrected chi connectivity index (χ0v) is 42.4. The summed E-state index contributed by atoms with van der Waals surface area (Å²) in [6.45, 7) is -4.51. The topological polar surface area (TPSA) is 102 Å². The molecule has 0 aliphatic carbocycles. The van der Waals surface area contributed by atoms with Crippen LogP contribution in [0.15, 0.2) is 84.9 Å². The number of nitriles is 2. The lowest BCUT2D eigenvalue weighted by atomic mass is 9.89. The lowest BCUT2D eigenvalue weighted by molar-refractivity contribution is -0.539. The van der Waals surface area contributed by atoms with Gasteiger partial charge in [0.1, 0.15) is 44.5 Å². The van der Waals surface area contributed by atoms with Crippen molar-refractivity contribution < 1.29 is 45.2 Å². The van der Waals surface area contributed by atoms with Crippen molar-refractivity contribution >= 4 is 79.0 Å². The van der Waals surface area contributed by atoms with E-state index in [4.69, 9.17) is 18.9 Å². The van der Waals surface area contributed by atoms with Gasteiger partial charge in [0, 0.05) is 57.1 Å². The summed E-state index contributed by atoms with van der Waals surface area (Å²) >= 11 is 2.01. The fourth-order valence-electron chi connectivity index (χ4n) is 10.6. The van der Waals surface area contributed by atoms with E-state index in [2.05, 4.69) is 26.0 Å². The van der Waals surface area contributed by atoms with Crippen molar-refractivity contribution in [2.45, 2.75) is 90.9 Å². The van der Waals surface area contributed by atoms with Crippen LogP contribution >= 0.6 is 22.7 Å². The third kappa shape index (κ3) is 8.17. The largest absolute Gasteiger partial charge is 0.738 e. The molecule has 10 nitrogen and oxygen atoms in total. The molecule has 10 rings (SSSR count). The molecular formula is C54H54B2F4N6O4S2. The summed E-state index contributed by atoms with van der Waals surface area (Å²) in [6.07, 6.45) is 12.9. The molecule has 18 heteroatoms. The smallest absolute Gasteiger partial charge is 0.497 e. The fraction of sp³-hybridized carbons (Fsp3) is 0.333. The summed E-state index contributed by atoms with van der Waals surface area (Å²) in [6, 6.07) is 27.5. The van der Waals surface area contributed by atoms with Crippen molar-refractivity contribution in [3.8, 4) is 57.7 Å². The van der Waals surface area contributed by atoms with Gasteiger partial charge in [0.15, 0.2) is 22.2 Å². The average molecular weight is 1010 g/mol. The van der Waals surface area contributed by atoms with Gasteiger partial charge in [-0.1, -0.05) is 101 Å². The molecular weight excluding hydrogens is 958 g/mol. The number of benzene rings is 4. The van der Waals surface area contributed by atoms with Crippen LogP contribution in [0.2, 0.25) is 0 Å². The molecule has 4 aromatic carbocycles. The van der Waals surface area contributed by atoms with Crippen molar-refractivity contribution in [1.29, 1.82) is 10.5 Å². The van der Waals surface area contributed by atoms with E-state index in [0.717, 1.165) is 105 Å². The predicted octanol–water partition coefficient (Wildman–Crippen LogP) is 11.9. The highest BCUT2D eigenvalue weighted by Gasteiger charge is 2.57. The highest BCUT2D eigenvalue weighted by molar-refractivity contribution is 7.19. The average Bonchev–Trinajstić information content (AvgIpc) is 4.16. The Balaban J connectivity index is 1.27. The number of nitrogens with zero attached hydrogens (tertiary/aromatic N) is 6. The minimum absolute atomic E-state index is 0.000406. The van der Waals surface area contributed by atoms with Crippen LogP contribution in [0.5, 0.6) is 23.0 Å². The van der Waals surface area contributed by atoms with Crippen LogP contribution in [0.3, 0.4) is 0 Å². The Morgan fingerprint density at radius 2 is 0.875 bits per heavy atom. The van der Waals surface area contributed by atoms with Crippen molar-refractivity contribution in [3.63, 3.8) is 0 Å². The Hall–Kier alpha value is -6.75. The lowest BCUT2D eigenvalue weighted by Gasteiger charge is -2.30. The number of hydrogen-bond acceptors (Lipinski definition) is 8. The van der Waals surface area contributed by atoms with Gasteiger partial charge in [0.25, 0.3) is 0 Å². The van der Waals surface area contributed by atoms with E-state index in [1.807, 2.05) is 0 Å². The number of ether oxygens (including phenoxy) is 4. The second-order valence-electron chi connectivity index (χ2n) is 18.5. The minimum atomic E-state index is -4.89. The van der Waals surface area contributed by atoms with Gasteiger partial charge in [0.2, 0.25) is 10.0 Å². The summed E-state index contributed by atoms with van der Waals surface area (Å²) < 4.78 is 102. The molecule has 2 aliphatic rings. The van der Waals surface area contributed by atoms with E-state index in [-0.39, 0.29) is 76.2 Å². The fourth-order valence-corrected chi connectivity index (χ4v) is 13.0. The van der Waals surface area contributed by atoms with Crippen LogP contribution in [-0.4, -0.2) is 50.3 Å². The Bertz CT molecular complexity index is 3360. The Morgan fingerprint density at radius 1 is 0.514 bits per heavy atom. The molecule has 370 valence electrons. The van der Waals surface area contributed by atoms with Gasteiger partial charge < -0.3 is 54.1 Å². The normalized spacial score (nSPS) is 14.2. The molecule has 0 unspecified atom stereocenters. The zero-order valence-electron chi connectivity index (χ0n) is 40.8. The van der Waals surface area contributed by atoms with Crippen molar-refractivity contribution in [3.05, 3.63) is 106 Å². The Labute approximate surface area is 423 Å². The summed E-state index contributed by atoms with van der Waals surface area (Å²) in [7, 11) is 2.97. The van der Waals surface area contributed by atoms with Crippen molar-refractivity contribution in [2.24, 2.45) is 0 Å². The summed E-state index contributed by atoms with van der Waals surface area (Å²) in [5.41, 5.74) is 0.371. The summed E-state index contributed by atoms with van der Waals surface area (Å²) in [5, 5.41) is 22.1. The van der Waals surface area contributed by atoms with Crippen LogP contribution in [0, 0.1) is 22.7 Å². The second-order valence-corrected chi connectivity index (χ2v) is 20.6. The Morgan fingerprint density at radius 3 is 1.24 bits per heavy atom. The third-order valence-electron chi connectivity index (χ3n) is 14.0. The van der Waals surface area contributed by atoms with Crippen LogP contribution in [-0.2, 0) is 0 Å². The molecule has 8 aromatic rings. The molecule has 2 aliphatic heterocycles. The molecule has 0 spiro atoms. The van der Waals surface area contributed by atoms with E-state index in [1.54, 1.807) is 84.9 Å². The van der Waals surface area contributed by atoms with E-state index >= 15 is 17.3 Å². The van der Waals surface area contributed by atoms with Crippen LogP contribution < -0.4 is 38.6 Å². The van der Waals surface area contributed by atoms with Crippen LogP contribution in [0.4, 0.5) is 17.3 Å². The zero-order chi connectivity index (χ0) is 50.3. The van der Waals surface area contributed by atoms with E-state index in [9.17, 15) is 10.5 Å². The molecule has 72 heavy (non-hydrogen) atoms.